The Balaban J connectivity index is 2.51. The summed E-state index contributed by atoms with van der Waals surface area (Å²) in [5.41, 5.74) is 2.60. The van der Waals surface area contributed by atoms with Crippen molar-refractivity contribution in [2.24, 2.45) is 0 Å². The summed E-state index contributed by atoms with van der Waals surface area (Å²) in [6.45, 7) is 9.40. The summed E-state index contributed by atoms with van der Waals surface area (Å²) in [5.74, 6) is 0. The Hall–Kier alpha value is -0.830. The van der Waals surface area contributed by atoms with E-state index in [2.05, 4.69) is 31.2 Å². The van der Waals surface area contributed by atoms with Gasteiger partial charge in [-0.2, -0.15) is 5.10 Å². The largest absolute Gasteiger partial charge is 0.313 e. The van der Waals surface area contributed by atoms with Gasteiger partial charge >= 0.3 is 0 Å². The zero-order chi connectivity index (χ0) is 9.68. The second-order valence-electron chi connectivity index (χ2n) is 3.25. The summed E-state index contributed by atoms with van der Waals surface area (Å²) < 4.78 is 2.03. The van der Waals surface area contributed by atoms with Crippen molar-refractivity contribution in [3.63, 3.8) is 0 Å². The molecule has 1 rings (SSSR count). The highest BCUT2D eigenvalue weighted by Gasteiger charge is 2.03. The molecule has 0 aliphatic rings. The van der Waals surface area contributed by atoms with Gasteiger partial charge in [0.15, 0.2) is 0 Å². The first-order valence-corrected chi connectivity index (χ1v) is 5.01. The molecule has 1 aromatic rings. The number of nitrogens with zero attached hydrogens (tertiary/aromatic N) is 2. The second kappa shape index (κ2) is 5.02. The molecule has 0 aliphatic carbocycles. The third kappa shape index (κ3) is 2.56. The van der Waals surface area contributed by atoms with E-state index in [9.17, 15) is 0 Å². The molecule has 1 aromatic heterocycles. The molecule has 0 amide bonds. The van der Waals surface area contributed by atoms with Crippen molar-refractivity contribution in [2.75, 3.05) is 6.54 Å². The van der Waals surface area contributed by atoms with Gasteiger partial charge in [-0.3, -0.25) is 4.68 Å². The fourth-order valence-electron chi connectivity index (χ4n) is 1.38. The minimum atomic E-state index is 0.944. The van der Waals surface area contributed by atoms with Crippen LogP contribution in [-0.4, -0.2) is 16.3 Å². The first kappa shape index (κ1) is 10.3. The van der Waals surface area contributed by atoms with Crippen molar-refractivity contribution < 1.29 is 0 Å². The molecule has 0 bridgehead atoms. The van der Waals surface area contributed by atoms with Gasteiger partial charge in [0.25, 0.3) is 0 Å². The molecule has 13 heavy (non-hydrogen) atoms. The van der Waals surface area contributed by atoms with E-state index in [1.54, 1.807) is 0 Å². The molecule has 0 aliphatic heterocycles. The van der Waals surface area contributed by atoms with E-state index >= 15 is 0 Å². The van der Waals surface area contributed by atoms with Crippen LogP contribution >= 0.6 is 0 Å². The lowest BCUT2D eigenvalue weighted by Gasteiger charge is -2.03. The van der Waals surface area contributed by atoms with Crippen LogP contribution in [0.5, 0.6) is 0 Å². The Labute approximate surface area is 80.1 Å². The van der Waals surface area contributed by atoms with Gasteiger partial charge in [-0.05, 0) is 26.8 Å². The Morgan fingerprint density at radius 3 is 2.77 bits per heavy atom. The first-order chi connectivity index (χ1) is 6.29. The summed E-state index contributed by atoms with van der Waals surface area (Å²) in [6.07, 6.45) is 3.14. The molecule has 0 radical (unpaired) electrons. The molecule has 0 saturated heterocycles. The molecular weight excluding hydrogens is 162 g/mol. The molecule has 0 saturated carbocycles. The molecule has 1 heterocycles. The normalized spacial score (nSPS) is 10.7. The van der Waals surface area contributed by atoms with Crippen LogP contribution < -0.4 is 5.32 Å². The number of rotatable bonds is 5. The Morgan fingerprint density at radius 1 is 1.46 bits per heavy atom. The van der Waals surface area contributed by atoms with Gasteiger partial charge in [0.2, 0.25) is 0 Å². The molecule has 3 heteroatoms. The van der Waals surface area contributed by atoms with E-state index in [1.807, 2.05) is 10.9 Å². The van der Waals surface area contributed by atoms with Gasteiger partial charge in [-0.1, -0.05) is 6.92 Å². The minimum absolute atomic E-state index is 0.944. The highest BCUT2D eigenvalue weighted by Crippen LogP contribution is 2.06. The van der Waals surface area contributed by atoms with Crippen LogP contribution in [0.25, 0.3) is 0 Å². The minimum Gasteiger partial charge on any atom is -0.313 e. The standard InChI is InChI=1S/C10H19N3/c1-4-6-11-7-10-8-12-13(5-2)9(10)3/h8,11H,4-7H2,1-3H3. The topological polar surface area (TPSA) is 29.9 Å². The third-order valence-corrected chi connectivity index (χ3v) is 2.25. The second-order valence-corrected chi connectivity index (χ2v) is 3.25. The maximum absolute atomic E-state index is 4.29. The average Bonchev–Trinajstić information content (AvgIpc) is 2.48. The van der Waals surface area contributed by atoms with Crippen molar-refractivity contribution in [2.45, 2.75) is 40.3 Å². The maximum atomic E-state index is 4.29. The molecule has 74 valence electrons. The summed E-state index contributed by atoms with van der Waals surface area (Å²) in [7, 11) is 0. The lowest BCUT2D eigenvalue weighted by Crippen LogP contribution is -2.14. The number of aryl methyl sites for hydroxylation is 1. The maximum Gasteiger partial charge on any atom is 0.0537 e. The zero-order valence-electron chi connectivity index (χ0n) is 8.80. The van der Waals surface area contributed by atoms with Crippen LogP contribution in [0.4, 0.5) is 0 Å². The van der Waals surface area contributed by atoms with Crippen LogP contribution in [0, 0.1) is 6.92 Å². The van der Waals surface area contributed by atoms with E-state index in [4.69, 9.17) is 0 Å². The Morgan fingerprint density at radius 2 is 2.23 bits per heavy atom. The SMILES string of the molecule is CCCNCc1cnn(CC)c1C. The van der Waals surface area contributed by atoms with E-state index < -0.39 is 0 Å². The van der Waals surface area contributed by atoms with E-state index in [1.165, 1.54) is 17.7 Å². The van der Waals surface area contributed by atoms with E-state index in [0.717, 1.165) is 19.6 Å². The van der Waals surface area contributed by atoms with Crippen molar-refractivity contribution in [1.82, 2.24) is 15.1 Å². The van der Waals surface area contributed by atoms with Crippen molar-refractivity contribution in [3.05, 3.63) is 17.5 Å². The highest BCUT2D eigenvalue weighted by atomic mass is 15.3. The average molecular weight is 181 g/mol. The zero-order valence-corrected chi connectivity index (χ0v) is 8.80. The molecule has 1 N–H and O–H groups in total. The van der Waals surface area contributed by atoms with Crippen molar-refractivity contribution >= 4 is 0 Å². The first-order valence-electron chi connectivity index (χ1n) is 5.01. The van der Waals surface area contributed by atoms with Gasteiger partial charge < -0.3 is 5.32 Å². The lowest BCUT2D eigenvalue weighted by atomic mass is 10.2. The molecular formula is C10H19N3. The summed E-state index contributed by atoms with van der Waals surface area (Å²) in [5, 5.41) is 7.67. The van der Waals surface area contributed by atoms with Crippen LogP contribution in [0.1, 0.15) is 31.5 Å². The lowest BCUT2D eigenvalue weighted by molar-refractivity contribution is 0.632. The molecule has 3 nitrogen and oxygen atoms in total. The molecule has 0 spiro atoms. The number of hydrogen-bond acceptors (Lipinski definition) is 2. The van der Waals surface area contributed by atoms with Crippen LogP contribution in [0.3, 0.4) is 0 Å². The number of hydrogen-bond donors (Lipinski definition) is 1. The predicted octanol–water partition coefficient (Wildman–Crippen LogP) is 1.71. The molecule has 0 aromatic carbocycles. The molecule has 0 atom stereocenters. The quantitative estimate of drug-likeness (QED) is 0.701. The van der Waals surface area contributed by atoms with Crippen molar-refractivity contribution in [3.8, 4) is 0 Å². The monoisotopic (exact) mass is 181 g/mol. The molecule has 0 unspecified atom stereocenters. The number of nitrogens with one attached hydrogen (secondary N) is 1. The Kier molecular flexibility index (Phi) is 3.96. The molecule has 0 fully saturated rings. The summed E-state index contributed by atoms with van der Waals surface area (Å²) in [6, 6.07) is 0. The van der Waals surface area contributed by atoms with Crippen LogP contribution in [0.15, 0.2) is 6.20 Å². The summed E-state index contributed by atoms with van der Waals surface area (Å²) >= 11 is 0. The predicted molar refractivity (Wildman–Crippen MR) is 54.6 cm³/mol. The van der Waals surface area contributed by atoms with Crippen molar-refractivity contribution in [1.29, 1.82) is 0 Å². The van der Waals surface area contributed by atoms with Gasteiger partial charge in [-0.25, -0.2) is 0 Å². The van der Waals surface area contributed by atoms with Crippen LogP contribution in [0.2, 0.25) is 0 Å². The fourth-order valence-corrected chi connectivity index (χ4v) is 1.38. The smallest absolute Gasteiger partial charge is 0.0537 e. The summed E-state index contributed by atoms with van der Waals surface area (Å²) in [4.78, 5) is 0. The van der Waals surface area contributed by atoms with E-state index in [0.29, 0.717) is 0 Å². The third-order valence-electron chi connectivity index (χ3n) is 2.25. The van der Waals surface area contributed by atoms with Gasteiger partial charge in [0.05, 0.1) is 6.20 Å². The highest BCUT2D eigenvalue weighted by molar-refractivity contribution is 5.15. The fraction of sp³-hybridized carbons (Fsp3) is 0.700. The van der Waals surface area contributed by atoms with Crippen LogP contribution in [-0.2, 0) is 13.1 Å². The van der Waals surface area contributed by atoms with E-state index in [-0.39, 0.29) is 0 Å². The van der Waals surface area contributed by atoms with Gasteiger partial charge in [-0.15, -0.1) is 0 Å². The number of aromatic nitrogens is 2. The Bertz CT molecular complexity index is 253. The van der Waals surface area contributed by atoms with Gasteiger partial charge in [0.1, 0.15) is 0 Å². The van der Waals surface area contributed by atoms with Gasteiger partial charge in [0, 0.05) is 24.3 Å².